The molecule has 1 heterocycles. The van der Waals surface area contributed by atoms with Crippen LogP contribution in [0.5, 0.6) is 0 Å². The van der Waals surface area contributed by atoms with Gasteiger partial charge in [-0.25, -0.2) is 4.79 Å². The van der Waals surface area contributed by atoms with E-state index in [9.17, 15) is 24.3 Å². The number of carbonyl (C=O) groups is 4. The molecular weight excluding hydrogens is 336 g/mol. The van der Waals surface area contributed by atoms with Gasteiger partial charge in [-0.3, -0.25) is 19.3 Å². The highest BCUT2D eigenvalue weighted by atomic mass is 16.4. The summed E-state index contributed by atoms with van der Waals surface area (Å²) in [5, 5.41) is 11.6. The van der Waals surface area contributed by atoms with Crippen LogP contribution in [-0.2, 0) is 4.79 Å². The molecule has 2 rings (SSSR count). The first-order valence-electron chi connectivity index (χ1n) is 8.55. The zero-order valence-electron chi connectivity index (χ0n) is 14.7. The molecule has 1 aliphatic heterocycles. The van der Waals surface area contributed by atoms with Gasteiger partial charge in [-0.2, -0.15) is 0 Å². The third kappa shape index (κ3) is 3.99. The van der Waals surface area contributed by atoms with E-state index in [4.69, 9.17) is 0 Å². The van der Waals surface area contributed by atoms with E-state index in [0.717, 1.165) is 6.42 Å². The molecule has 1 aromatic rings. The molecule has 0 bridgehead atoms. The average molecular weight is 358 g/mol. The van der Waals surface area contributed by atoms with Crippen molar-refractivity contribution in [1.29, 1.82) is 0 Å². The normalized spacial score (nSPS) is 14.1. The molecule has 2 N–H and O–H groups in total. The van der Waals surface area contributed by atoms with E-state index in [2.05, 4.69) is 11.9 Å². The van der Waals surface area contributed by atoms with Crippen molar-refractivity contribution in [3.63, 3.8) is 0 Å². The smallest absolute Gasteiger partial charge is 0.326 e. The van der Waals surface area contributed by atoms with E-state index in [1.165, 1.54) is 23.1 Å². The van der Waals surface area contributed by atoms with E-state index in [0.29, 0.717) is 19.4 Å². The largest absolute Gasteiger partial charge is 0.480 e. The van der Waals surface area contributed by atoms with Crippen LogP contribution >= 0.6 is 0 Å². The maximum absolute atomic E-state index is 12.4. The molecule has 1 atom stereocenters. The summed E-state index contributed by atoms with van der Waals surface area (Å²) < 4.78 is 0. The SMILES string of the molecule is C=CCCC(NC(=O)c1ccc2c(c1)C(=O)N(CCCC)C2=O)C(=O)O. The molecule has 0 aliphatic carbocycles. The van der Waals surface area contributed by atoms with E-state index in [-0.39, 0.29) is 29.0 Å². The van der Waals surface area contributed by atoms with E-state index in [1.54, 1.807) is 6.08 Å². The Bertz CT molecular complexity index is 756. The van der Waals surface area contributed by atoms with Crippen LogP contribution in [0, 0.1) is 0 Å². The number of carboxylic acids is 1. The Balaban J connectivity index is 2.19. The predicted molar refractivity (Wildman–Crippen MR) is 95.0 cm³/mol. The number of amides is 3. The Kier molecular flexibility index (Phi) is 6.27. The lowest BCUT2D eigenvalue weighted by atomic mass is 10.0. The number of rotatable bonds is 9. The fourth-order valence-corrected chi connectivity index (χ4v) is 2.73. The van der Waals surface area contributed by atoms with Gasteiger partial charge in [0.05, 0.1) is 11.1 Å². The Labute approximate surface area is 151 Å². The third-order valence-corrected chi connectivity index (χ3v) is 4.23. The summed E-state index contributed by atoms with van der Waals surface area (Å²) in [5.74, 6) is -2.52. The second-order valence-electron chi connectivity index (χ2n) is 6.11. The Morgan fingerprint density at radius 1 is 1.27 bits per heavy atom. The highest BCUT2D eigenvalue weighted by Crippen LogP contribution is 2.24. The van der Waals surface area contributed by atoms with Crippen molar-refractivity contribution in [1.82, 2.24) is 10.2 Å². The third-order valence-electron chi connectivity index (χ3n) is 4.23. The fraction of sp³-hybridized carbons (Fsp3) is 0.368. The van der Waals surface area contributed by atoms with Crippen LogP contribution in [0.15, 0.2) is 30.9 Å². The van der Waals surface area contributed by atoms with Crippen molar-refractivity contribution in [2.45, 2.75) is 38.6 Å². The summed E-state index contributed by atoms with van der Waals surface area (Å²) in [7, 11) is 0. The second-order valence-corrected chi connectivity index (χ2v) is 6.11. The lowest BCUT2D eigenvalue weighted by molar-refractivity contribution is -0.139. The number of unbranched alkanes of at least 4 members (excludes halogenated alkanes) is 1. The summed E-state index contributed by atoms with van der Waals surface area (Å²) in [5.41, 5.74) is 0.591. The molecule has 7 heteroatoms. The van der Waals surface area contributed by atoms with Crippen LogP contribution < -0.4 is 5.32 Å². The van der Waals surface area contributed by atoms with Crippen LogP contribution in [0.4, 0.5) is 0 Å². The van der Waals surface area contributed by atoms with Crippen LogP contribution in [0.3, 0.4) is 0 Å². The molecule has 26 heavy (non-hydrogen) atoms. The average Bonchev–Trinajstić information content (AvgIpc) is 2.86. The van der Waals surface area contributed by atoms with Gasteiger partial charge >= 0.3 is 5.97 Å². The first-order chi connectivity index (χ1) is 12.4. The molecule has 0 saturated carbocycles. The second kappa shape index (κ2) is 8.42. The number of imide groups is 1. The van der Waals surface area contributed by atoms with Crippen LogP contribution in [0.2, 0.25) is 0 Å². The highest BCUT2D eigenvalue weighted by Gasteiger charge is 2.35. The minimum absolute atomic E-state index is 0.145. The maximum atomic E-state index is 12.4. The highest BCUT2D eigenvalue weighted by molar-refractivity contribution is 6.22. The van der Waals surface area contributed by atoms with Crippen molar-refractivity contribution in [2.24, 2.45) is 0 Å². The fourth-order valence-electron chi connectivity index (χ4n) is 2.73. The Hall–Kier alpha value is -2.96. The molecule has 0 aromatic heterocycles. The first-order valence-corrected chi connectivity index (χ1v) is 8.55. The van der Waals surface area contributed by atoms with Crippen LogP contribution in [-0.4, -0.2) is 46.3 Å². The summed E-state index contributed by atoms with van der Waals surface area (Å²) in [6, 6.07) is 3.17. The van der Waals surface area contributed by atoms with Gasteiger partial charge in [0.1, 0.15) is 6.04 Å². The van der Waals surface area contributed by atoms with Crippen molar-refractivity contribution in [3.05, 3.63) is 47.5 Å². The molecule has 0 spiro atoms. The number of fused-ring (bicyclic) bond motifs is 1. The summed E-state index contributed by atoms with van der Waals surface area (Å²) in [4.78, 5) is 49.5. The number of allylic oxidation sites excluding steroid dienone is 1. The van der Waals surface area contributed by atoms with Gasteiger partial charge in [0, 0.05) is 12.1 Å². The minimum Gasteiger partial charge on any atom is -0.480 e. The Morgan fingerprint density at radius 2 is 1.96 bits per heavy atom. The van der Waals surface area contributed by atoms with Gasteiger partial charge in [0.2, 0.25) is 0 Å². The zero-order valence-corrected chi connectivity index (χ0v) is 14.7. The summed E-state index contributed by atoms with van der Waals surface area (Å²) in [6.45, 7) is 5.84. The molecule has 1 aliphatic rings. The van der Waals surface area contributed by atoms with Gasteiger partial charge < -0.3 is 10.4 Å². The lowest BCUT2D eigenvalue weighted by Gasteiger charge is -2.14. The van der Waals surface area contributed by atoms with Crippen molar-refractivity contribution in [3.8, 4) is 0 Å². The van der Waals surface area contributed by atoms with E-state index < -0.39 is 23.8 Å². The minimum atomic E-state index is -1.14. The molecule has 1 unspecified atom stereocenters. The monoisotopic (exact) mass is 358 g/mol. The predicted octanol–water partition coefficient (Wildman–Crippen LogP) is 2.23. The number of aliphatic carboxylic acids is 1. The van der Waals surface area contributed by atoms with E-state index >= 15 is 0 Å². The lowest BCUT2D eigenvalue weighted by Crippen LogP contribution is -2.40. The maximum Gasteiger partial charge on any atom is 0.326 e. The molecule has 138 valence electrons. The molecule has 7 nitrogen and oxygen atoms in total. The van der Waals surface area contributed by atoms with Crippen molar-refractivity contribution in [2.75, 3.05) is 6.54 Å². The standard InChI is InChI=1S/C19H22N2O5/c1-3-5-7-15(19(25)26)20-16(22)12-8-9-13-14(11-12)18(24)21(17(13)23)10-6-4-2/h3,8-9,11,15H,1,4-7,10H2,2H3,(H,20,22)(H,25,26). The van der Waals surface area contributed by atoms with Gasteiger partial charge in [-0.15, -0.1) is 6.58 Å². The zero-order chi connectivity index (χ0) is 19.3. The molecular formula is C19H22N2O5. The molecule has 0 radical (unpaired) electrons. The van der Waals surface area contributed by atoms with Gasteiger partial charge in [0.25, 0.3) is 17.7 Å². The van der Waals surface area contributed by atoms with Gasteiger partial charge in [-0.05, 0) is 37.5 Å². The Morgan fingerprint density at radius 3 is 2.58 bits per heavy atom. The first kappa shape index (κ1) is 19.4. The number of carboxylic acid groups (broad SMARTS) is 1. The molecule has 1 aromatic carbocycles. The van der Waals surface area contributed by atoms with Gasteiger partial charge in [-0.1, -0.05) is 19.4 Å². The molecule has 0 saturated heterocycles. The number of benzene rings is 1. The summed E-state index contributed by atoms with van der Waals surface area (Å²) >= 11 is 0. The van der Waals surface area contributed by atoms with Crippen molar-refractivity contribution < 1.29 is 24.3 Å². The summed E-state index contributed by atoms with van der Waals surface area (Å²) in [6.07, 6.45) is 3.80. The van der Waals surface area contributed by atoms with Crippen LogP contribution in [0.25, 0.3) is 0 Å². The number of hydrogen-bond donors (Lipinski definition) is 2. The number of nitrogens with zero attached hydrogens (tertiary/aromatic N) is 1. The number of hydrogen-bond acceptors (Lipinski definition) is 4. The molecule has 3 amide bonds. The quantitative estimate of drug-likeness (QED) is 0.520. The van der Waals surface area contributed by atoms with E-state index in [1.807, 2.05) is 6.92 Å². The van der Waals surface area contributed by atoms with Gasteiger partial charge in [0.15, 0.2) is 0 Å². The van der Waals surface area contributed by atoms with Crippen LogP contribution in [0.1, 0.15) is 63.7 Å². The number of nitrogens with one attached hydrogen (secondary N) is 1. The molecule has 0 fully saturated rings. The van der Waals surface area contributed by atoms with Crippen molar-refractivity contribution >= 4 is 23.7 Å². The number of carbonyl (C=O) groups excluding carboxylic acids is 3. The topological polar surface area (TPSA) is 104 Å².